The second-order valence-electron chi connectivity index (χ2n) is 6.66. The van der Waals surface area contributed by atoms with Crippen LogP contribution in [0.3, 0.4) is 0 Å². The molecule has 4 nitrogen and oxygen atoms in total. The van der Waals surface area contributed by atoms with Crippen LogP contribution in [0.1, 0.15) is 31.2 Å². The van der Waals surface area contributed by atoms with Gasteiger partial charge in [-0.2, -0.15) is 0 Å². The Morgan fingerprint density at radius 2 is 2.36 bits per heavy atom. The van der Waals surface area contributed by atoms with Crippen LogP contribution in [0.4, 0.5) is 0 Å². The van der Waals surface area contributed by atoms with Gasteiger partial charge in [0.2, 0.25) is 5.91 Å². The van der Waals surface area contributed by atoms with Crippen LogP contribution in [0.25, 0.3) is 0 Å². The summed E-state index contributed by atoms with van der Waals surface area (Å²) in [5, 5.41) is 10.1. The molecule has 0 unspecified atom stereocenters. The highest BCUT2D eigenvalue weighted by molar-refractivity contribution is 6.30. The molecule has 1 amide bonds. The number of fused-ring (bicyclic) bond motifs is 2. The molecule has 118 valence electrons. The molecule has 2 heterocycles. The van der Waals surface area contributed by atoms with Crippen LogP contribution in [-0.2, 0) is 10.2 Å². The highest BCUT2D eigenvalue weighted by atomic mass is 35.5. The zero-order valence-corrected chi connectivity index (χ0v) is 13.2. The molecule has 4 rings (SSSR count). The van der Waals surface area contributed by atoms with E-state index in [1.165, 1.54) is 0 Å². The molecule has 1 aliphatic carbocycles. The monoisotopic (exact) mass is 321 g/mol. The molecule has 2 aliphatic heterocycles. The highest BCUT2D eigenvalue weighted by Crippen LogP contribution is 2.61. The lowest BCUT2D eigenvalue weighted by atomic mass is 9.87. The summed E-state index contributed by atoms with van der Waals surface area (Å²) in [6.07, 6.45) is 3.64. The first kappa shape index (κ1) is 14.3. The first-order valence-corrected chi connectivity index (χ1v) is 8.38. The number of aliphatic hydroxyl groups is 1. The Labute approximate surface area is 135 Å². The molecular weight excluding hydrogens is 302 g/mol. The molecule has 0 radical (unpaired) electrons. The van der Waals surface area contributed by atoms with Crippen molar-refractivity contribution in [1.29, 1.82) is 0 Å². The van der Waals surface area contributed by atoms with Crippen molar-refractivity contribution >= 4 is 17.5 Å². The summed E-state index contributed by atoms with van der Waals surface area (Å²) in [5.41, 5.74) is 0.988. The van der Waals surface area contributed by atoms with Gasteiger partial charge in [-0.3, -0.25) is 4.79 Å². The largest absolute Gasteiger partial charge is 0.493 e. The summed E-state index contributed by atoms with van der Waals surface area (Å²) in [6, 6.07) is 5.70. The quantitative estimate of drug-likeness (QED) is 0.909. The third-order valence-corrected chi connectivity index (χ3v) is 5.76. The van der Waals surface area contributed by atoms with E-state index in [4.69, 9.17) is 16.3 Å². The van der Waals surface area contributed by atoms with E-state index in [0.717, 1.165) is 43.5 Å². The van der Waals surface area contributed by atoms with Crippen molar-refractivity contribution in [3.8, 4) is 5.75 Å². The summed E-state index contributed by atoms with van der Waals surface area (Å²) in [4.78, 5) is 14.8. The summed E-state index contributed by atoms with van der Waals surface area (Å²) >= 11 is 6.15. The number of hydrogen-bond acceptors (Lipinski definition) is 3. The van der Waals surface area contributed by atoms with E-state index in [1.54, 1.807) is 0 Å². The van der Waals surface area contributed by atoms with Gasteiger partial charge in [0.25, 0.3) is 0 Å². The molecule has 5 heteroatoms. The lowest BCUT2D eigenvalue weighted by Crippen LogP contribution is -2.40. The Balaban J connectivity index is 1.61. The standard InChI is InChI=1S/C17H20ClNO3/c18-11-3-4-15-13(8-11)17(5-7-22-15)9-14(17)16(21)19-6-1-2-12(19)10-20/h3-4,8,12,14,20H,1-2,5-7,9-10H2/t12-,14+,17+/m1/s1. The van der Waals surface area contributed by atoms with E-state index in [1.807, 2.05) is 23.1 Å². The fourth-order valence-corrected chi connectivity index (χ4v) is 4.39. The Kier molecular flexibility index (Phi) is 3.35. The van der Waals surface area contributed by atoms with E-state index < -0.39 is 0 Å². The number of ether oxygens (including phenoxy) is 1. The van der Waals surface area contributed by atoms with Gasteiger partial charge in [0.1, 0.15) is 5.75 Å². The van der Waals surface area contributed by atoms with Gasteiger partial charge in [0, 0.05) is 28.5 Å². The van der Waals surface area contributed by atoms with E-state index >= 15 is 0 Å². The first-order valence-electron chi connectivity index (χ1n) is 8.00. The summed E-state index contributed by atoms with van der Waals surface area (Å²) in [5.74, 6) is 1.08. The molecule has 2 fully saturated rings. The van der Waals surface area contributed by atoms with Crippen LogP contribution in [0.5, 0.6) is 5.75 Å². The van der Waals surface area contributed by atoms with Crippen molar-refractivity contribution in [1.82, 2.24) is 4.90 Å². The van der Waals surface area contributed by atoms with E-state index in [2.05, 4.69) is 0 Å². The number of hydrogen-bond donors (Lipinski definition) is 1. The molecule has 3 aliphatic rings. The van der Waals surface area contributed by atoms with Crippen LogP contribution < -0.4 is 4.74 Å². The van der Waals surface area contributed by atoms with E-state index in [9.17, 15) is 9.90 Å². The SMILES string of the molecule is O=C([C@@H]1C[C@]12CCOc1ccc(Cl)cc12)N1CCC[C@@H]1CO. The van der Waals surface area contributed by atoms with Crippen molar-refractivity contribution < 1.29 is 14.6 Å². The lowest BCUT2D eigenvalue weighted by Gasteiger charge is -2.29. The molecule has 1 spiro atoms. The minimum atomic E-state index is -0.0990. The highest BCUT2D eigenvalue weighted by Gasteiger charge is 2.62. The summed E-state index contributed by atoms with van der Waals surface area (Å²) in [7, 11) is 0. The average Bonchev–Trinajstić information content (AvgIpc) is 3.04. The first-order chi connectivity index (χ1) is 10.7. The Morgan fingerprint density at radius 1 is 1.50 bits per heavy atom. The minimum Gasteiger partial charge on any atom is -0.493 e. The van der Waals surface area contributed by atoms with Gasteiger partial charge in [0.15, 0.2) is 0 Å². The zero-order valence-electron chi connectivity index (χ0n) is 12.4. The molecule has 1 saturated carbocycles. The fraction of sp³-hybridized carbons (Fsp3) is 0.588. The number of likely N-dealkylation sites (tertiary alicyclic amines) is 1. The van der Waals surface area contributed by atoms with Crippen molar-refractivity contribution in [2.24, 2.45) is 5.92 Å². The van der Waals surface area contributed by atoms with Gasteiger partial charge >= 0.3 is 0 Å². The second-order valence-corrected chi connectivity index (χ2v) is 7.10. The third kappa shape index (κ3) is 2.04. The normalized spacial score (nSPS) is 32.7. The Hall–Kier alpha value is -1.26. The van der Waals surface area contributed by atoms with Crippen molar-refractivity contribution in [2.75, 3.05) is 19.8 Å². The predicted molar refractivity (Wildman–Crippen MR) is 83.2 cm³/mol. The van der Waals surface area contributed by atoms with Crippen molar-refractivity contribution in [2.45, 2.75) is 37.1 Å². The maximum Gasteiger partial charge on any atom is 0.226 e. The minimum absolute atomic E-state index is 0.00354. The van der Waals surface area contributed by atoms with Crippen LogP contribution in [0.15, 0.2) is 18.2 Å². The zero-order chi connectivity index (χ0) is 15.3. The van der Waals surface area contributed by atoms with Gasteiger partial charge in [-0.1, -0.05) is 11.6 Å². The molecule has 22 heavy (non-hydrogen) atoms. The third-order valence-electron chi connectivity index (χ3n) is 5.53. The summed E-state index contributed by atoms with van der Waals surface area (Å²) < 4.78 is 5.73. The van der Waals surface area contributed by atoms with Gasteiger partial charge in [-0.15, -0.1) is 0 Å². The molecule has 1 aromatic carbocycles. The van der Waals surface area contributed by atoms with Gasteiger partial charge in [-0.25, -0.2) is 0 Å². The van der Waals surface area contributed by atoms with Crippen molar-refractivity contribution in [3.05, 3.63) is 28.8 Å². The molecular formula is C17H20ClNO3. The maximum absolute atomic E-state index is 12.9. The van der Waals surface area contributed by atoms with Crippen molar-refractivity contribution in [3.63, 3.8) is 0 Å². The molecule has 0 aromatic heterocycles. The Morgan fingerprint density at radius 3 is 3.18 bits per heavy atom. The average molecular weight is 322 g/mol. The van der Waals surface area contributed by atoms with Gasteiger partial charge in [-0.05, 0) is 43.9 Å². The maximum atomic E-state index is 12.9. The molecule has 1 saturated heterocycles. The number of halogens is 1. The van der Waals surface area contributed by atoms with E-state index in [-0.39, 0.29) is 29.9 Å². The smallest absolute Gasteiger partial charge is 0.226 e. The number of aliphatic hydroxyl groups excluding tert-OH is 1. The van der Waals surface area contributed by atoms with Gasteiger partial charge in [0.05, 0.1) is 19.3 Å². The second kappa shape index (κ2) is 5.14. The summed E-state index contributed by atoms with van der Waals surface area (Å²) in [6.45, 7) is 1.49. The number of rotatable bonds is 2. The molecule has 0 bridgehead atoms. The fourth-order valence-electron chi connectivity index (χ4n) is 4.21. The Bertz CT molecular complexity index is 620. The van der Waals surface area contributed by atoms with Crippen LogP contribution in [0, 0.1) is 5.92 Å². The molecule has 1 N–H and O–H groups in total. The number of nitrogens with zero attached hydrogens (tertiary/aromatic N) is 1. The van der Waals surface area contributed by atoms with Crippen LogP contribution in [-0.4, -0.2) is 41.7 Å². The topological polar surface area (TPSA) is 49.8 Å². The van der Waals surface area contributed by atoms with E-state index in [0.29, 0.717) is 11.6 Å². The molecule has 1 aromatic rings. The number of carbonyl (C=O) groups excluding carboxylic acids is 1. The lowest BCUT2D eigenvalue weighted by molar-refractivity contribution is -0.134. The number of benzene rings is 1. The van der Waals surface area contributed by atoms with Crippen LogP contribution in [0.2, 0.25) is 5.02 Å². The molecule has 3 atom stereocenters. The van der Waals surface area contributed by atoms with Crippen LogP contribution >= 0.6 is 11.6 Å². The number of carbonyl (C=O) groups is 1. The van der Waals surface area contributed by atoms with Gasteiger partial charge < -0.3 is 14.7 Å². The predicted octanol–water partition coefficient (Wildman–Crippen LogP) is 2.36. The number of amides is 1.